The zero-order valence-electron chi connectivity index (χ0n) is 13.9. The Kier molecular flexibility index (Phi) is 7.62. The van der Waals surface area contributed by atoms with Gasteiger partial charge in [-0.05, 0) is 17.5 Å². The van der Waals surface area contributed by atoms with Crippen LogP contribution in [0.2, 0.25) is 0 Å². The summed E-state index contributed by atoms with van der Waals surface area (Å²) in [6, 6.07) is 18.0. The summed E-state index contributed by atoms with van der Waals surface area (Å²) in [5, 5.41) is 12.0. The van der Waals surface area contributed by atoms with Crippen molar-refractivity contribution in [3.63, 3.8) is 0 Å². The van der Waals surface area contributed by atoms with E-state index in [2.05, 4.69) is 10.8 Å². The van der Waals surface area contributed by atoms with Crippen molar-refractivity contribution in [1.29, 1.82) is 0 Å². The minimum Gasteiger partial charge on any atom is -0.480 e. The second-order valence-corrected chi connectivity index (χ2v) is 5.58. The van der Waals surface area contributed by atoms with Crippen molar-refractivity contribution in [2.75, 3.05) is 0 Å². The Bertz CT molecular complexity index is 662. The molecule has 1 amide bonds. The van der Waals surface area contributed by atoms with Crippen molar-refractivity contribution in [2.45, 2.75) is 32.0 Å². The van der Waals surface area contributed by atoms with E-state index in [0.29, 0.717) is 6.54 Å². The summed E-state index contributed by atoms with van der Waals surface area (Å²) in [6.07, 6.45) is 0.246. The third-order valence-corrected chi connectivity index (χ3v) is 3.60. The number of carbonyl (C=O) groups excluding carboxylic acids is 1. The molecule has 2 aromatic rings. The Labute approximate surface area is 146 Å². The van der Waals surface area contributed by atoms with E-state index in [1.165, 1.54) is 0 Å². The lowest BCUT2D eigenvalue weighted by Crippen LogP contribution is -2.37. The topological polar surface area (TPSA) is 87.7 Å². The van der Waals surface area contributed by atoms with Crippen molar-refractivity contribution in [3.05, 3.63) is 71.8 Å². The first-order chi connectivity index (χ1) is 12.1. The molecule has 6 heteroatoms. The Hall–Kier alpha value is -2.70. The van der Waals surface area contributed by atoms with Gasteiger partial charge in [-0.1, -0.05) is 60.7 Å². The maximum Gasteiger partial charge on any atom is 0.323 e. The molecule has 0 unspecified atom stereocenters. The molecule has 0 saturated carbocycles. The van der Waals surface area contributed by atoms with Crippen LogP contribution in [0, 0.1) is 0 Å². The van der Waals surface area contributed by atoms with Gasteiger partial charge in [0, 0.05) is 13.0 Å². The van der Waals surface area contributed by atoms with E-state index >= 15 is 0 Å². The number of hydrogen-bond acceptors (Lipinski definition) is 4. The van der Waals surface area contributed by atoms with Crippen molar-refractivity contribution < 1.29 is 19.5 Å². The normalized spacial score (nSPS) is 11.7. The molecule has 132 valence electrons. The number of hydrogen-bond donors (Lipinski definition) is 3. The second-order valence-electron chi connectivity index (χ2n) is 5.58. The van der Waals surface area contributed by atoms with Crippen LogP contribution < -0.4 is 10.8 Å². The van der Waals surface area contributed by atoms with Crippen LogP contribution >= 0.6 is 0 Å². The Morgan fingerprint density at radius 2 is 1.56 bits per heavy atom. The lowest BCUT2D eigenvalue weighted by molar-refractivity contribution is -0.145. The van der Waals surface area contributed by atoms with E-state index in [-0.39, 0.29) is 25.4 Å². The molecular weight excluding hydrogens is 320 g/mol. The molecule has 0 aliphatic rings. The van der Waals surface area contributed by atoms with Gasteiger partial charge in [0.1, 0.15) is 6.04 Å². The van der Waals surface area contributed by atoms with Gasteiger partial charge in [-0.15, -0.1) is 0 Å². The number of amides is 1. The number of carboxylic acid groups (broad SMARTS) is 1. The van der Waals surface area contributed by atoms with Gasteiger partial charge in [-0.2, -0.15) is 5.48 Å². The minimum absolute atomic E-state index is 0.103. The zero-order valence-corrected chi connectivity index (χ0v) is 13.9. The molecule has 2 aromatic carbocycles. The number of hydroxylamine groups is 1. The zero-order chi connectivity index (χ0) is 17.9. The van der Waals surface area contributed by atoms with Crippen LogP contribution in [0.4, 0.5) is 0 Å². The second kappa shape index (κ2) is 10.2. The fourth-order valence-electron chi connectivity index (χ4n) is 2.19. The average molecular weight is 342 g/mol. The molecule has 0 fully saturated rings. The predicted molar refractivity (Wildman–Crippen MR) is 93.3 cm³/mol. The van der Waals surface area contributed by atoms with E-state index in [1.54, 1.807) is 0 Å². The van der Waals surface area contributed by atoms with Crippen LogP contribution in [0.5, 0.6) is 0 Å². The van der Waals surface area contributed by atoms with Crippen molar-refractivity contribution in [1.82, 2.24) is 10.8 Å². The van der Waals surface area contributed by atoms with Crippen molar-refractivity contribution in [3.8, 4) is 0 Å². The number of aliphatic carboxylic acids is 1. The minimum atomic E-state index is -1.05. The van der Waals surface area contributed by atoms with Gasteiger partial charge >= 0.3 is 5.97 Å². The molecule has 0 aliphatic heterocycles. The van der Waals surface area contributed by atoms with Crippen molar-refractivity contribution in [2.24, 2.45) is 0 Å². The summed E-state index contributed by atoms with van der Waals surface area (Å²) >= 11 is 0. The number of benzene rings is 2. The standard InChI is InChI=1S/C19H22N2O4/c22-18(20-13-15-7-3-1-4-8-15)12-11-17(19(23)24)21-25-14-16-9-5-2-6-10-16/h1-10,17,21H,11-14H2,(H,20,22)(H,23,24)/t17-/m0/s1. The van der Waals surface area contributed by atoms with E-state index in [1.807, 2.05) is 60.7 Å². The molecule has 1 atom stereocenters. The molecule has 2 rings (SSSR count). The Morgan fingerprint density at radius 1 is 0.960 bits per heavy atom. The summed E-state index contributed by atoms with van der Waals surface area (Å²) in [6.45, 7) is 0.681. The molecule has 6 nitrogen and oxygen atoms in total. The van der Waals surface area contributed by atoms with Gasteiger partial charge in [-0.3, -0.25) is 14.4 Å². The van der Waals surface area contributed by atoms with E-state index in [4.69, 9.17) is 4.84 Å². The van der Waals surface area contributed by atoms with Crippen LogP contribution in [-0.2, 0) is 27.6 Å². The first-order valence-electron chi connectivity index (χ1n) is 8.10. The lowest BCUT2D eigenvalue weighted by Gasteiger charge is -2.14. The van der Waals surface area contributed by atoms with Crippen LogP contribution in [-0.4, -0.2) is 23.0 Å². The molecule has 0 aliphatic carbocycles. The SMILES string of the molecule is O=C(CC[C@H](NOCc1ccccc1)C(=O)O)NCc1ccccc1. The monoisotopic (exact) mass is 342 g/mol. The molecule has 0 bridgehead atoms. The highest BCUT2D eigenvalue weighted by Gasteiger charge is 2.18. The molecule has 25 heavy (non-hydrogen) atoms. The molecule has 0 aromatic heterocycles. The highest BCUT2D eigenvalue weighted by atomic mass is 16.6. The number of carboxylic acids is 1. The van der Waals surface area contributed by atoms with E-state index in [0.717, 1.165) is 11.1 Å². The highest BCUT2D eigenvalue weighted by Crippen LogP contribution is 2.03. The number of nitrogens with one attached hydrogen (secondary N) is 2. The van der Waals surface area contributed by atoms with E-state index < -0.39 is 12.0 Å². The molecule has 0 spiro atoms. The third kappa shape index (κ3) is 7.15. The molecule has 3 N–H and O–H groups in total. The first kappa shape index (κ1) is 18.6. The average Bonchev–Trinajstić information content (AvgIpc) is 2.64. The van der Waals surface area contributed by atoms with Crippen LogP contribution in [0.3, 0.4) is 0 Å². The van der Waals surface area contributed by atoms with E-state index in [9.17, 15) is 14.7 Å². The molecular formula is C19H22N2O4. The molecule has 0 saturated heterocycles. The van der Waals surface area contributed by atoms with Crippen LogP contribution in [0.25, 0.3) is 0 Å². The summed E-state index contributed by atoms with van der Waals surface area (Å²) < 4.78 is 0. The van der Waals surface area contributed by atoms with Crippen molar-refractivity contribution >= 4 is 11.9 Å². The van der Waals surface area contributed by atoms with Gasteiger partial charge < -0.3 is 10.4 Å². The summed E-state index contributed by atoms with van der Waals surface area (Å²) in [5.41, 5.74) is 4.44. The van der Waals surface area contributed by atoms with Gasteiger partial charge in [0.15, 0.2) is 0 Å². The van der Waals surface area contributed by atoms with Gasteiger partial charge in [-0.25, -0.2) is 0 Å². The smallest absolute Gasteiger partial charge is 0.323 e. The Morgan fingerprint density at radius 3 is 2.16 bits per heavy atom. The van der Waals surface area contributed by atoms with Crippen LogP contribution in [0.1, 0.15) is 24.0 Å². The summed E-state index contributed by atoms with van der Waals surface area (Å²) in [7, 11) is 0. The third-order valence-electron chi connectivity index (χ3n) is 3.60. The quantitative estimate of drug-likeness (QED) is 0.577. The fraction of sp³-hybridized carbons (Fsp3) is 0.263. The van der Waals surface area contributed by atoms with Gasteiger partial charge in [0.25, 0.3) is 0 Å². The van der Waals surface area contributed by atoms with Gasteiger partial charge in [0.2, 0.25) is 5.91 Å². The summed E-state index contributed by atoms with van der Waals surface area (Å²) in [5.74, 6) is -1.25. The lowest BCUT2D eigenvalue weighted by atomic mass is 10.1. The van der Waals surface area contributed by atoms with Crippen LogP contribution in [0.15, 0.2) is 60.7 Å². The number of rotatable bonds is 10. The Balaban J connectivity index is 1.69. The maximum atomic E-state index is 11.9. The highest BCUT2D eigenvalue weighted by molar-refractivity contribution is 5.78. The largest absolute Gasteiger partial charge is 0.480 e. The maximum absolute atomic E-state index is 11.9. The van der Waals surface area contributed by atoms with Gasteiger partial charge in [0.05, 0.1) is 6.61 Å². The molecule has 0 radical (unpaired) electrons. The number of carbonyl (C=O) groups is 2. The summed E-state index contributed by atoms with van der Waals surface area (Å²) in [4.78, 5) is 28.4. The fourth-order valence-corrected chi connectivity index (χ4v) is 2.19. The molecule has 0 heterocycles. The predicted octanol–water partition coefficient (Wildman–Crippen LogP) is 2.26. The first-order valence-corrected chi connectivity index (χ1v) is 8.10.